The minimum Gasteiger partial charge on any atom is -0.348 e. The number of nitrogens with one attached hydrogen (secondary N) is 1. The second-order valence-corrected chi connectivity index (χ2v) is 5.58. The van der Waals surface area contributed by atoms with Gasteiger partial charge >= 0.3 is 0 Å². The number of carbonyl (C=O) groups is 1. The second kappa shape index (κ2) is 8.34. The van der Waals surface area contributed by atoms with E-state index in [9.17, 15) is 4.79 Å². The van der Waals surface area contributed by atoms with Crippen molar-refractivity contribution in [2.24, 2.45) is 5.73 Å². The molecule has 0 bridgehead atoms. The van der Waals surface area contributed by atoms with Gasteiger partial charge in [-0.1, -0.05) is 30.3 Å². The van der Waals surface area contributed by atoms with E-state index in [1.807, 2.05) is 42.6 Å². The molecule has 0 spiro atoms. The predicted molar refractivity (Wildman–Crippen MR) is 91.2 cm³/mol. The third-order valence-corrected chi connectivity index (χ3v) is 3.88. The van der Waals surface area contributed by atoms with Crippen LogP contribution < -0.4 is 11.1 Å². The summed E-state index contributed by atoms with van der Waals surface area (Å²) in [5.74, 6) is -0.202. The monoisotopic (exact) mass is 347 g/mol. The zero-order chi connectivity index (χ0) is 13.9. The average molecular weight is 348 g/mol. The summed E-state index contributed by atoms with van der Waals surface area (Å²) in [5, 5.41) is 5.68. The quantitative estimate of drug-likeness (QED) is 0.893. The Balaban J connectivity index is 0.00000200. The fourth-order valence-corrected chi connectivity index (χ4v) is 2.45. The van der Waals surface area contributed by atoms with Crippen LogP contribution in [0.15, 0.2) is 35.7 Å². The van der Waals surface area contributed by atoms with Gasteiger partial charge in [0.15, 0.2) is 0 Å². The summed E-state index contributed by atoms with van der Waals surface area (Å²) in [6.45, 7) is 4.06. The molecule has 1 atom stereocenters. The molecule has 2 rings (SSSR count). The van der Waals surface area contributed by atoms with Gasteiger partial charge in [-0.15, -0.1) is 36.2 Å². The molecule has 2 aromatic rings. The number of nitrogens with two attached hydrogens (primary N) is 1. The summed E-state index contributed by atoms with van der Waals surface area (Å²) in [7, 11) is 0. The van der Waals surface area contributed by atoms with Crippen molar-refractivity contribution in [2.75, 3.05) is 0 Å². The Morgan fingerprint density at radius 1 is 1.33 bits per heavy atom. The van der Waals surface area contributed by atoms with E-state index in [2.05, 4.69) is 10.3 Å². The Morgan fingerprint density at radius 2 is 1.95 bits per heavy atom. The zero-order valence-corrected chi connectivity index (χ0v) is 14.3. The standard InChI is InChI=1S/C14H17N3OS.2ClH/c1-10-9-19-12(17-10)8-16-13(18)14(2,15)11-6-4-3-5-7-11;;/h3-7,9H,8,15H2,1-2H3,(H,16,18);2*1H. The number of aromatic nitrogens is 1. The Hall–Kier alpha value is -1.14. The maximum Gasteiger partial charge on any atom is 0.244 e. The molecule has 3 N–H and O–H groups in total. The van der Waals surface area contributed by atoms with Gasteiger partial charge in [-0.3, -0.25) is 4.79 Å². The lowest BCUT2D eigenvalue weighted by atomic mass is 9.92. The van der Waals surface area contributed by atoms with Crippen LogP contribution in [0.25, 0.3) is 0 Å². The summed E-state index contributed by atoms with van der Waals surface area (Å²) in [6, 6.07) is 9.35. The van der Waals surface area contributed by atoms with Gasteiger partial charge in [-0.05, 0) is 19.4 Å². The molecule has 0 fully saturated rings. The maximum absolute atomic E-state index is 12.2. The first-order chi connectivity index (χ1) is 9.00. The van der Waals surface area contributed by atoms with Crippen molar-refractivity contribution < 1.29 is 4.79 Å². The lowest BCUT2D eigenvalue weighted by Crippen LogP contribution is -2.48. The van der Waals surface area contributed by atoms with Gasteiger partial charge in [0.2, 0.25) is 5.91 Å². The number of benzene rings is 1. The normalized spacial score (nSPS) is 12.5. The van der Waals surface area contributed by atoms with Gasteiger partial charge in [0.25, 0.3) is 0 Å². The molecule has 4 nitrogen and oxygen atoms in total. The number of hydrogen-bond acceptors (Lipinski definition) is 4. The van der Waals surface area contributed by atoms with Crippen molar-refractivity contribution in [1.82, 2.24) is 10.3 Å². The van der Waals surface area contributed by atoms with Crippen molar-refractivity contribution >= 4 is 42.1 Å². The van der Waals surface area contributed by atoms with E-state index in [0.29, 0.717) is 6.54 Å². The molecule has 1 amide bonds. The predicted octanol–water partition coefficient (Wildman–Crippen LogP) is 2.79. The van der Waals surface area contributed by atoms with Crippen LogP contribution in [-0.2, 0) is 16.9 Å². The highest BCUT2D eigenvalue weighted by molar-refractivity contribution is 7.09. The summed E-state index contributed by atoms with van der Waals surface area (Å²) in [6.07, 6.45) is 0. The van der Waals surface area contributed by atoms with Gasteiger partial charge < -0.3 is 11.1 Å². The Labute approximate surface area is 141 Å². The van der Waals surface area contributed by atoms with Crippen LogP contribution >= 0.6 is 36.2 Å². The number of aryl methyl sites for hydroxylation is 1. The van der Waals surface area contributed by atoms with E-state index in [1.165, 1.54) is 11.3 Å². The van der Waals surface area contributed by atoms with Gasteiger partial charge in [-0.2, -0.15) is 0 Å². The number of nitrogens with zero attached hydrogens (tertiary/aromatic N) is 1. The van der Waals surface area contributed by atoms with E-state index >= 15 is 0 Å². The Bertz CT molecular complexity index is 573. The number of carbonyl (C=O) groups excluding carboxylic acids is 1. The third-order valence-electron chi connectivity index (χ3n) is 2.91. The van der Waals surface area contributed by atoms with Crippen molar-refractivity contribution in [3.63, 3.8) is 0 Å². The van der Waals surface area contributed by atoms with Crippen LogP contribution in [0.2, 0.25) is 0 Å². The lowest BCUT2D eigenvalue weighted by molar-refractivity contribution is -0.126. The molecule has 21 heavy (non-hydrogen) atoms. The molecule has 1 aromatic carbocycles. The molecule has 0 aliphatic rings. The molecule has 1 unspecified atom stereocenters. The summed E-state index contributed by atoms with van der Waals surface area (Å²) in [5.41, 5.74) is 6.85. The topological polar surface area (TPSA) is 68.0 Å². The Kier molecular flexibility index (Phi) is 7.89. The van der Waals surface area contributed by atoms with Crippen LogP contribution in [0.5, 0.6) is 0 Å². The van der Waals surface area contributed by atoms with Crippen LogP contribution in [0.4, 0.5) is 0 Å². The Morgan fingerprint density at radius 3 is 2.48 bits per heavy atom. The van der Waals surface area contributed by atoms with Crippen LogP contribution in [0.1, 0.15) is 23.2 Å². The number of halogens is 2. The largest absolute Gasteiger partial charge is 0.348 e. The number of rotatable bonds is 4. The van der Waals surface area contributed by atoms with E-state index < -0.39 is 5.54 Å². The molecule has 0 aliphatic heterocycles. The first-order valence-corrected chi connectivity index (χ1v) is 6.92. The summed E-state index contributed by atoms with van der Waals surface area (Å²) < 4.78 is 0. The molecular formula is C14H19Cl2N3OS. The van der Waals surface area contributed by atoms with Crippen LogP contribution in [0, 0.1) is 6.92 Å². The molecule has 1 heterocycles. The molecule has 7 heteroatoms. The van der Waals surface area contributed by atoms with Crippen molar-refractivity contribution in [3.05, 3.63) is 52.0 Å². The molecule has 0 aliphatic carbocycles. The van der Waals surface area contributed by atoms with E-state index in [4.69, 9.17) is 5.73 Å². The highest BCUT2D eigenvalue weighted by Crippen LogP contribution is 2.17. The SMILES string of the molecule is Cc1csc(CNC(=O)C(C)(N)c2ccccc2)n1.Cl.Cl. The molecule has 0 radical (unpaired) electrons. The molecule has 0 saturated carbocycles. The molecule has 0 saturated heterocycles. The third kappa shape index (κ3) is 4.97. The first kappa shape index (κ1) is 19.9. The summed E-state index contributed by atoms with van der Waals surface area (Å²) >= 11 is 1.53. The minimum atomic E-state index is -1.03. The van der Waals surface area contributed by atoms with Crippen molar-refractivity contribution in [2.45, 2.75) is 25.9 Å². The van der Waals surface area contributed by atoms with Crippen LogP contribution in [-0.4, -0.2) is 10.9 Å². The second-order valence-electron chi connectivity index (χ2n) is 4.63. The first-order valence-electron chi connectivity index (χ1n) is 6.04. The highest BCUT2D eigenvalue weighted by atomic mass is 35.5. The fourth-order valence-electron chi connectivity index (χ4n) is 1.74. The zero-order valence-electron chi connectivity index (χ0n) is 11.8. The van der Waals surface area contributed by atoms with Crippen molar-refractivity contribution in [3.8, 4) is 0 Å². The van der Waals surface area contributed by atoms with Gasteiger partial charge in [0.1, 0.15) is 10.5 Å². The highest BCUT2D eigenvalue weighted by Gasteiger charge is 2.30. The average Bonchev–Trinajstić information content (AvgIpc) is 2.82. The van der Waals surface area contributed by atoms with Gasteiger partial charge in [0.05, 0.1) is 6.54 Å². The maximum atomic E-state index is 12.2. The van der Waals surface area contributed by atoms with Gasteiger partial charge in [0, 0.05) is 11.1 Å². The summed E-state index contributed by atoms with van der Waals surface area (Å²) in [4.78, 5) is 16.5. The van der Waals surface area contributed by atoms with Crippen molar-refractivity contribution in [1.29, 1.82) is 0 Å². The lowest BCUT2D eigenvalue weighted by Gasteiger charge is -2.23. The fraction of sp³-hybridized carbons (Fsp3) is 0.286. The van der Waals surface area contributed by atoms with E-state index in [0.717, 1.165) is 16.3 Å². The van der Waals surface area contributed by atoms with Crippen LogP contribution in [0.3, 0.4) is 0 Å². The van der Waals surface area contributed by atoms with E-state index in [-0.39, 0.29) is 30.7 Å². The van der Waals surface area contributed by atoms with E-state index in [1.54, 1.807) is 6.92 Å². The van der Waals surface area contributed by atoms with Gasteiger partial charge in [-0.25, -0.2) is 4.98 Å². The number of thiazole rings is 1. The number of amides is 1. The molecule has 1 aromatic heterocycles. The number of hydrogen-bond donors (Lipinski definition) is 2. The molecular weight excluding hydrogens is 329 g/mol. The smallest absolute Gasteiger partial charge is 0.244 e. The molecule has 116 valence electrons. The minimum absolute atomic E-state index is 0.